The molecule has 0 saturated heterocycles. The van der Waals surface area contributed by atoms with Gasteiger partial charge in [0.05, 0.1) is 13.0 Å². The number of anilines is 1. The molecule has 0 bridgehead atoms. The largest absolute Gasteiger partial charge is 0.469 e. The second-order valence-corrected chi connectivity index (χ2v) is 5.59. The highest BCUT2D eigenvalue weighted by atomic mass is 16.5. The Morgan fingerprint density at radius 2 is 2.05 bits per heavy atom. The van der Waals surface area contributed by atoms with Gasteiger partial charge in [-0.15, -0.1) is 0 Å². The highest BCUT2D eigenvalue weighted by molar-refractivity contribution is 5.97. The zero-order valence-corrected chi connectivity index (χ0v) is 13.0. The maximum absolute atomic E-state index is 12.5. The smallest absolute Gasteiger partial charge is 0.313 e. The number of nitrogens with zero attached hydrogens (tertiary/aromatic N) is 1. The molecule has 4 nitrogen and oxygen atoms in total. The van der Waals surface area contributed by atoms with Gasteiger partial charge >= 0.3 is 5.97 Å². The molecular formula is C17H23NO3. The minimum Gasteiger partial charge on any atom is -0.469 e. The number of para-hydroxylation sites is 1. The minimum atomic E-state index is -0.281. The van der Waals surface area contributed by atoms with E-state index in [1.807, 2.05) is 36.1 Å². The van der Waals surface area contributed by atoms with Crippen molar-refractivity contribution in [2.75, 3.05) is 12.0 Å². The first-order chi connectivity index (χ1) is 10.1. The number of hydrogen-bond acceptors (Lipinski definition) is 3. The van der Waals surface area contributed by atoms with E-state index in [-0.39, 0.29) is 23.8 Å². The van der Waals surface area contributed by atoms with Crippen LogP contribution < -0.4 is 4.90 Å². The Hall–Kier alpha value is -1.84. The molecule has 1 aliphatic heterocycles. The lowest BCUT2D eigenvalue weighted by Gasteiger charge is -2.38. The van der Waals surface area contributed by atoms with E-state index >= 15 is 0 Å². The Kier molecular flexibility index (Phi) is 4.99. The van der Waals surface area contributed by atoms with Gasteiger partial charge in [-0.2, -0.15) is 0 Å². The van der Waals surface area contributed by atoms with E-state index in [1.165, 1.54) is 7.11 Å². The molecule has 0 radical (unpaired) electrons. The van der Waals surface area contributed by atoms with Gasteiger partial charge in [0, 0.05) is 18.2 Å². The Morgan fingerprint density at radius 1 is 1.33 bits per heavy atom. The zero-order valence-electron chi connectivity index (χ0n) is 13.0. The Labute approximate surface area is 126 Å². The number of rotatable bonds is 4. The van der Waals surface area contributed by atoms with Crippen molar-refractivity contribution < 1.29 is 14.3 Å². The maximum Gasteiger partial charge on any atom is 0.313 e. The van der Waals surface area contributed by atoms with Crippen molar-refractivity contribution in [3.63, 3.8) is 0 Å². The molecular weight excluding hydrogens is 266 g/mol. The number of carbonyl (C=O) groups excluding carboxylic acids is 2. The normalized spacial score (nSPS) is 20.8. The highest BCUT2D eigenvalue weighted by Crippen LogP contribution is 2.39. The Balaban J connectivity index is 2.36. The second kappa shape index (κ2) is 6.74. The van der Waals surface area contributed by atoms with Gasteiger partial charge in [-0.3, -0.25) is 9.59 Å². The van der Waals surface area contributed by atoms with Gasteiger partial charge in [0.1, 0.15) is 0 Å². The van der Waals surface area contributed by atoms with Crippen molar-refractivity contribution >= 4 is 17.6 Å². The molecule has 1 aromatic carbocycles. The predicted molar refractivity (Wildman–Crippen MR) is 82.3 cm³/mol. The first kappa shape index (κ1) is 15.5. The van der Waals surface area contributed by atoms with Crippen molar-refractivity contribution in [1.29, 1.82) is 0 Å². The van der Waals surface area contributed by atoms with E-state index in [9.17, 15) is 9.59 Å². The van der Waals surface area contributed by atoms with Gasteiger partial charge in [0.15, 0.2) is 0 Å². The van der Waals surface area contributed by atoms with Crippen molar-refractivity contribution in [3.8, 4) is 0 Å². The highest BCUT2D eigenvalue weighted by Gasteiger charge is 2.36. The molecule has 2 unspecified atom stereocenters. The van der Waals surface area contributed by atoms with Gasteiger partial charge in [-0.25, -0.2) is 0 Å². The average Bonchev–Trinajstić information content (AvgIpc) is 2.51. The van der Waals surface area contributed by atoms with Gasteiger partial charge in [0.25, 0.3) is 0 Å². The van der Waals surface area contributed by atoms with Crippen LogP contribution in [0.4, 0.5) is 5.69 Å². The van der Waals surface area contributed by atoms with Gasteiger partial charge in [-0.05, 0) is 31.4 Å². The van der Waals surface area contributed by atoms with Crippen LogP contribution >= 0.6 is 0 Å². The molecule has 0 spiro atoms. The van der Waals surface area contributed by atoms with E-state index in [1.54, 1.807) is 0 Å². The standard InChI is InChI=1S/C17H23NO3/c1-4-5-10-16(19)18-12(2)11-14(17(20)21-3)13-8-6-7-9-15(13)18/h6-9,12,14H,4-5,10-11H2,1-3H3. The molecule has 1 aromatic rings. The van der Waals surface area contributed by atoms with Crippen LogP contribution in [0.2, 0.25) is 0 Å². The third-order valence-corrected chi connectivity index (χ3v) is 4.09. The molecule has 2 atom stereocenters. The first-order valence-electron chi connectivity index (χ1n) is 7.59. The molecule has 4 heteroatoms. The number of ether oxygens (including phenoxy) is 1. The summed E-state index contributed by atoms with van der Waals surface area (Å²) in [5.74, 6) is -0.369. The summed E-state index contributed by atoms with van der Waals surface area (Å²) in [5.41, 5.74) is 1.75. The molecule has 0 aromatic heterocycles. The fourth-order valence-electron chi connectivity index (χ4n) is 3.01. The Morgan fingerprint density at radius 3 is 2.71 bits per heavy atom. The number of amides is 1. The third kappa shape index (κ3) is 3.09. The number of carbonyl (C=O) groups is 2. The summed E-state index contributed by atoms with van der Waals surface area (Å²) >= 11 is 0. The van der Waals surface area contributed by atoms with Crippen LogP contribution in [0.25, 0.3) is 0 Å². The van der Waals surface area contributed by atoms with Crippen LogP contribution in [0.1, 0.15) is 51.0 Å². The lowest BCUT2D eigenvalue weighted by atomic mass is 9.86. The summed E-state index contributed by atoms with van der Waals surface area (Å²) in [4.78, 5) is 26.3. The first-order valence-corrected chi connectivity index (χ1v) is 7.59. The number of methoxy groups -OCH3 is 1. The maximum atomic E-state index is 12.5. The van der Waals surface area contributed by atoms with Crippen LogP contribution in [0.5, 0.6) is 0 Å². The van der Waals surface area contributed by atoms with Gasteiger partial charge in [0.2, 0.25) is 5.91 Å². The fourth-order valence-corrected chi connectivity index (χ4v) is 3.01. The summed E-state index contributed by atoms with van der Waals surface area (Å²) < 4.78 is 4.91. The van der Waals surface area contributed by atoms with E-state index < -0.39 is 0 Å². The molecule has 0 fully saturated rings. The average molecular weight is 289 g/mol. The van der Waals surface area contributed by atoms with E-state index in [2.05, 4.69) is 6.92 Å². The van der Waals surface area contributed by atoms with E-state index in [0.29, 0.717) is 12.8 Å². The molecule has 1 amide bonds. The van der Waals surface area contributed by atoms with Crippen molar-refractivity contribution in [3.05, 3.63) is 29.8 Å². The number of hydrogen-bond donors (Lipinski definition) is 0. The van der Waals surface area contributed by atoms with Crippen LogP contribution in [0, 0.1) is 0 Å². The van der Waals surface area contributed by atoms with Crippen LogP contribution in [0.15, 0.2) is 24.3 Å². The summed E-state index contributed by atoms with van der Waals surface area (Å²) in [6, 6.07) is 7.66. The molecule has 21 heavy (non-hydrogen) atoms. The topological polar surface area (TPSA) is 46.6 Å². The zero-order chi connectivity index (χ0) is 15.4. The van der Waals surface area contributed by atoms with Crippen LogP contribution in [0.3, 0.4) is 0 Å². The summed E-state index contributed by atoms with van der Waals surface area (Å²) in [5, 5.41) is 0. The van der Waals surface area contributed by atoms with Crippen molar-refractivity contribution in [2.24, 2.45) is 0 Å². The molecule has 1 heterocycles. The number of fused-ring (bicyclic) bond motifs is 1. The number of esters is 1. The number of benzene rings is 1. The van der Waals surface area contributed by atoms with Crippen molar-refractivity contribution in [2.45, 2.75) is 51.5 Å². The fraction of sp³-hybridized carbons (Fsp3) is 0.529. The quantitative estimate of drug-likeness (QED) is 0.799. The summed E-state index contributed by atoms with van der Waals surface area (Å²) in [6.07, 6.45) is 3.06. The molecule has 114 valence electrons. The molecule has 0 N–H and O–H groups in total. The lowest BCUT2D eigenvalue weighted by Crippen LogP contribution is -2.44. The van der Waals surface area contributed by atoms with Gasteiger partial charge < -0.3 is 9.64 Å². The SMILES string of the molecule is CCCCC(=O)N1c2ccccc2C(C(=O)OC)CC1C. The Bertz CT molecular complexity index is 527. The monoisotopic (exact) mass is 289 g/mol. The van der Waals surface area contributed by atoms with E-state index in [0.717, 1.165) is 24.1 Å². The van der Waals surface area contributed by atoms with Crippen molar-refractivity contribution in [1.82, 2.24) is 0 Å². The predicted octanol–water partition coefficient (Wildman–Crippen LogP) is 3.26. The van der Waals surface area contributed by atoms with Crippen LogP contribution in [-0.4, -0.2) is 25.0 Å². The lowest BCUT2D eigenvalue weighted by molar-refractivity contribution is -0.143. The molecule has 1 aliphatic rings. The summed E-state index contributed by atoms with van der Waals surface area (Å²) in [7, 11) is 1.41. The minimum absolute atomic E-state index is 0.00774. The van der Waals surface area contributed by atoms with Gasteiger partial charge in [-0.1, -0.05) is 31.5 Å². The molecule has 0 aliphatic carbocycles. The van der Waals surface area contributed by atoms with E-state index in [4.69, 9.17) is 4.74 Å². The molecule has 0 saturated carbocycles. The third-order valence-electron chi connectivity index (χ3n) is 4.09. The second-order valence-electron chi connectivity index (χ2n) is 5.59. The summed E-state index contributed by atoms with van der Waals surface area (Å²) in [6.45, 7) is 4.07. The molecule has 2 rings (SSSR count). The van der Waals surface area contributed by atoms with Crippen LogP contribution in [-0.2, 0) is 14.3 Å². The number of unbranched alkanes of at least 4 members (excludes halogenated alkanes) is 1.